The van der Waals surface area contributed by atoms with Gasteiger partial charge in [-0.2, -0.15) is 0 Å². The average Bonchev–Trinajstić information content (AvgIpc) is 2.92. The molecule has 1 saturated heterocycles. The minimum atomic E-state index is -5.22. The molecular weight excluding hydrogens is 538 g/mol. The van der Waals surface area contributed by atoms with Crippen molar-refractivity contribution < 1.29 is 45.3 Å². The predicted octanol–water partition coefficient (Wildman–Crippen LogP) is 7.82. The Bertz CT molecular complexity index is 1250. The third-order valence-electron chi connectivity index (χ3n) is 6.76. The molecule has 0 N–H and O–H groups in total. The van der Waals surface area contributed by atoms with Gasteiger partial charge in [-0.15, -0.1) is 13.2 Å². The summed E-state index contributed by atoms with van der Waals surface area (Å²) in [6.45, 7) is 3.83. The fourth-order valence-corrected chi connectivity index (χ4v) is 4.66. The van der Waals surface area contributed by atoms with Crippen molar-refractivity contribution in [2.75, 3.05) is 19.8 Å². The molecule has 10 heteroatoms. The zero-order valence-electron chi connectivity index (χ0n) is 22.2. The molecule has 0 spiro atoms. The summed E-state index contributed by atoms with van der Waals surface area (Å²) in [7, 11) is 0. The van der Waals surface area contributed by atoms with Gasteiger partial charge < -0.3 is 18.9 Å². The highest BCUT2D eigenvalue weighted by Gasteiger charge is 2.34. The lowest BCUT2D eigenvalue weighted by Crippen LogP contribution is -2.37. The van der Waals surface area contributed by atoms with Crippen LogP contribution >= 0.6 is 0 Å². The van der Waals surface area contributed by atoms with Crippen molar-refractivity contribution >= 4 is 10.8 Å². The Morgan fingerprint density at radius 3 is 2.25 bits per heavy atom. The maximum absolute atomic E-state index is 15.2. The number of fused-ring (bicyclic) bond motifs is 1. The first-order valence-corrected chi connectivity index (χ1v) is 13.4. The van der Waals surface area contributed by atoms with E-state index in [0.29, 0.717) is 49.0 Å². The Hall–Kier alpha value is -2.82. The van der Waals surface area contributed by atoms with Gasteiger partial charge in [0.05, 0.1) is 13.2 Å². The minimum absolute atomic E-state index is 0.0205. The summed E-state index contributed by atoms with van der Waals surface area (Å²) in [5.41, 5.74) is 1.41. The Labute approximate surface area is 229 Å². The Balaban J connectivity index is 1.31. The molecule has 218 valence electrons. The molecule has 3 aromatic rings. The van der Waals surface area contributed by atoms with Gasteiger partial charge in [0.2, 0.25) is 5.75 Å². The van der Waals surface area contributed by atoms with Crippen LogP contribution in [0.25, 0.3) is 10.8 Å². The topological polar surface area (TPSA) is 36.9 Å². The molecular formula is C30H32F6O4. The van der Waals surface area contributed by atoms with Crippen molar-refractivity contribution in [2.24, 2.45) is 0 Å². The molecule has 4 rings (SSSR count). The standard InChI is InChI=1S/C30H32F6O4/c1-2-3-4-13-37-23-17-38-27(39-18-23)12-7-19-6-11-24-22(14-19)10-9-21(28(24)33)8-5-20-15-25(31)29(26(32)16-20)40-30(34,35)36/h6,9-11,14-16,23,27H,2-5,7-8,12-13,17-18H2,1H3. The lowest BCUT2D eigenvalue weighted by molar-refractivity contribution is -0.276. The third kappa shape index (κ3) is 8.34. The molecule has 1 fully saturated rings. The molecule has 0 radical (unpaired) electrons. The predicted molar refractivity (Wildman–Crippen MR) is 138 cm³/mol. The molecule has 0 unspecified atom stereocenters. The molecule has 1 aliphatic rings. The van der Waals surface area contributed by atoms with Gasteiger partial charge in [0.1, 0.15) is 11.9 Å². The highest BCUT2D eigenvalue weighted by molar-refractivity contribution is 5.84. The van der Waals surface area contributed by atoms with Crippen LogP contribution in [-0.4, -0.2) is 38.6 Å². The first kappa shape index (κ1) is 30.1. The van der Waals surface area contributed by atoms with Gasteiger partial charge in [-0.1, -0.05) is 50.1 Å². The van der Waals surface area contributed by atoms with E-state index in [2.05, 4.69) is 11.7 Å². The molecule has 0 saturated carbocycles. The van der Waals surface area contributed by atoms with E-state index >= 15 is 4.39 Å². The summed E-state index contributed by atoms with van der Waals surface area (Å²) in [5, 5.41) is 1.11. The van der Waals surface area contributed by atoms with Crippen molar-refractivity contribution in [1.29, 1.82) is 0 Å². The first-order valence-electron chi connectivity index (χ1n) is 13.4. The van der Waals surface area contributed by atoms with Gasteiger partial charge >= 0.3 is 6.36 Å². The van der Waals surface area contributed by atoms with Crippen molar-refractivity contribution in [1.82, 2.24) is 0 Å². The van der Waals surface area contributed by atoms with E-state index < -0.39 is 29.6 Å². The number of rotatable bonds is 12. The van der Waals surface area contributed by atoms with Crippen LogP contribution in [0.5, 0.6) is 5.75 Å². The normalized spacial score (nSPS) is 17.9. The average molecular weight is 571 g/mol. The molecule has 40 heavy (non-hydrogen) atoms. The fourth-order valence-electron chi connectivity index (χ4n) is 4.66. The highest BCUT2D eigenvalue weighted by Crippen LogP contribution is 2.30. The number of unbranched alkanes of at least 4 members (excludes halogenated alkanes) is 2. The summed E-state index contributed by atoms with van der Waals surface area (Å²) in [5.74, 6) is -4.91. The molecule has 0 amide bonds. The number of benzene rings is 3. The van der Waals surface area contributed by atoms with Crippen LogP contribution in [0.15, 0.2) is 42.5 Å². The monoisotopic (exact) mass is 570 g/mol. The lowest BCUT2D eigenvalue weighted by atomic mass is 9.98. The van der Waals surface area contributed by atoms with E-state index in [4.69, 9.17) is 14.2 Å². The van der Waals surface area contributed by atoms with Crippen LogP contribution < -0.4 is 4.74 Å². The number of aryl methyl sites for hydroxylation is 3. The van der Waals surface area contributed by atoms with Crippen molar-refractivity contribution in [3.8, 4) is 5.75 Å². The first-order chi connectivity index (χ1) is 19.1. The summed E-state index contributed by atoms with van der Waals surface area (Å²) in [6.07, 6.45) is -0.848. The number of halogens is 6. The minimum Gasteiger partial charge on any atom is -0.399 e. The second-order valence-corrected chi connectivity index (χ2v) is 9.87. The van der Waals surface area contributed by atoms with Crippen molar-refractivity contribution in [3.05, 3.63) is 76.6 Å². The summed E-state index contributed by atoms with van der Waals surface area (Å²) in [6, 6.07) is 10.3. The largest absolute Gasteiger partial charge is 0.573 e. The van der Waals surface area contributed by atoms with Gasteiger partial charge in [0.15, 0.2) is 17.9 Å². The summed E-state index contributed by atoms with van der Waals surface area (Å²) >= 11 is 0. The fraction of sp³-hybridized carbons (Fsp3) is 0.467. The quantitative estimate of drug-likeness (QED) is 0.164. The molecule has 4 nitrogen and oxygen atoms in total. The van der Waals surface area contributed by atoms with E-state index in [9.17, 15) is 22.0 Å². The summed E-state index contributed by atoms with van der Waals surface area (Å²) in [4.78, 5) is 0. The van der Waals surface area contributed by atoms with Gasteiger partial charge in [-0.05, 0) is 59.9 Å². The van der Waals surface area contributed by atoms with Crippen LogP contribution in [0.2, 0.25) is 0 Å². The zero-order valence-corrected chi connectivity index (χ0v) is 22.2. The zero-order chi connectivity index (χ0) is 28.7. The van der Waals surface area contributed by atoms with Crippen LogP contribution in [-0.2, 0) is 33.5 Å². The molecule has 0 atom stereocenters. The lowest BCUT2D eigenvalue weighted by Gasteiger charge is -2.29. The van der Waals surface area contributed by atoms with Crippen LogP contribution in [0.3, 0.4) is 0 Å². The Morgan fingerprint density at radius 1 is 0.850 bits per heavy atom. The Morgan fingerprint density at radius 2 is 1.57 bits per heavy atom. The van der Waals surface area contributed by atoms with Crippen LogP contribution in [0.1, 0.15) is 49.3 Å². The number of ether oxygens (including phenoxy) is 4. The second kappa shape index (κ2) is 13.7. The number of alkyl halides is 3. The maximum Gasteiger partial charge on any atom is 0.573 e. The smallest absolute Gasteiger partial charge is 0.399 e. The summed E-state index contributed by atoms with van der Waals surface area (Å²) < 4.78 is 101. The maximum atomic E-state index is 15.2. The molecule has 0 bridgehead atoms. The molecule has 3 aromatic carbocycles. The van der Waals surface area contributed by atoms with E-state index in [0.717, 1.165) is 37.0 Å². The van der Waals surface area contributed by atoms with E-state index in [-0.39, 0.29) is 30.8 Å². The molecule has 0 aliphatic carbocycles. The molecule has 1 aliphatic heterocycles. The Kier molecular flexibility index (Phi) is 10.3. The molecule has 1 heterocycles. The van der Waals surface area contributed by atoms with Gasteiger partial charge in [-0.3, -0.25) is 0 Å². The van der Waals surface area contributed by atoms with E-state index in [1.54, 1.807) is 18.2 Å². The number of hydrogen-bond donors (Lipinski definition) is 0. The third-order valence-corrected chi connectivity index (χ3v) is 6.76. The van der Waals surface area contributed by atoms with Crippen molar-refractivity contribution in [3.63, 3.8) is 0 Å². The van der Waals surface area contributed by atoms with Gasteiger partial charge in [0.25, 0.3) is 0 Å². The van der Waals surface area contributed by atoms with E-state index in [1.807, 2.05) is 12.1 Å². The van der Waals surface area contributed by atoms with E-state index in [1.165, 1.54) is 0 Å². The second-order valence-electron chi connectivity index (χ2n) is 9.87. The van der Waals surface area contributed by atoms with Crippen LogP contribution in [0.4, 0.5) is 26.3 Å². The van der Waals surface area contributed by atoms with Gasteiger partial charge in [0, 0.05) is 18.4 Å². The number of hydrogen-bond acceptors (Lipinski definition) is 4. The van der Waals surface area contributed by atoms with Crippen molar-refractivity contribution in [2.45, 2.75) is 70.6 Å². The highest BCUT2D eigenvalue weighted by atomic mass is 19.4. The molecule has 0 aromatic heterocycles. The van der Waals surface area contributed by atoms with Gasteiger partial charge in [-0.25, -0.2) is 13.2 Å². The van der Waals surface area contributed by atoms with Crippen LogP contribution in [0, 0.1) is 17.5 Å². The SMILES string of the molecule is CCCCCOC1COC(CCc2ccc3c(F)c(CCc4cc(F)c(OC(F)(F)F)c(F)c4)ccc3c2)OC1.